The van der Waals surface area contributed by atoms with Crippen LogP contribution in [0.4, 0.5) is 0 Å². The lowest BCUT2D eigenvalue weighted by Gasteiger charge is -2.35. The van der Waals surface area contributed by atoms with E-state index in [0.29, 0.717) is 12.0 Å². The molecule has 1 N–H and O–H groups in total. The fourth-order valence-electron chi connectivity index (χ4n) is 3.28. The minimum atomic E-state index is -2.87. The molecule has 3 unspecified atom stereocenters. The van der Waals surface area contributed by atoms with Crippen molar-refractivity contribution in [3.8, 4) is 0 Å². The maximum atomic E-state index is 11.8. The van der Waals surface area contributed by atoms with Gasteiger partial charge in [0, 0.05) is 12.3 Å². The lowest BCUT2D eigenvalue weighted by Crippen LogP contribution is -2.41. The van der Waals surface area contributed by atoms with Gasteiger partial charge >= 0.3 is 0 Å². The van der Waals surface area contributed by atoms with Crippen LogP contribution in [-0.2, 0) is 9.84 Å². The van der Waals surface area contributed by atoms with E-state index < -0.39 is 9.84 Å². The molecule has 0 spiro atoms. The molecule has 3 nitrogen and oxygen atoms in total. The van der Waals surface area contributed by atoms with Gasteiger partial charge in [-0.2, -0.15) is 0 Å². The summed E-state index contributed by atoms with van der Waals surface area (Å²) in [6, 6.07) is 0.502. The van der Waals surface area contributed by atoms with Crippen molar-refractivity contribution in [3.63, 3.8) is 0 Å². The highest BCUT2D eigenvalue weighted by Gasteiger charge is 2.32. The highest BCUT2D eigenvalue weighted by Crippen LogP contribution is 2.32. The summed E-state index contributed by atoms with van der Waals surface area (Å²) in [6.45, 7) is 7.75. The molecule has 1 fully saturated rings. The third-order valence-corrected chi connectivity index (χ3v) is 6.19. The number of rotatable bonds is 8. The Bertz CT molecular complexity index is 365. The summed E-state index contributed by atoms with van der Waals surface area (Å²) >= 11 is 0. The van der Waals surface area contributed by atoms with E-state index in [-0.39, 0.29) is 5.25 Å². The second-order valence-corrected chi connectivity index (χ2v) is 9.24. The highest BCUT2D eigenvalue weighted by molar-refractivity contribution is 7.91. The molecule has 0 aromatic rings. The maximum Gasteiger partial charge on any atom is 0.150 e. The van der Waals surface area contributed by atoms with Gasteiger partial charge in [-0.05, 0) is 56.9 Å². The summed E-state index contributed by atoms with van der Waals surface area (Å²) in [7, 11) is -2.87. The smallest absolute Gasteiger partial charge is 0.150 e. The maximum absolute atomic E-state index is 11.8. The van der Waals surface area contributed by atoms with Crippen LogP contribution < -0.4 is 5.32 Å². The van der Waals surface area contributed by atoms with Crippen LogP contribution in [0.3, 0.4) is 0 Å². The van der Waals surface area contributed by atoms with E-state index >= 15 is 0 Å². The van der Waals surface area contributed by atoms with Crippen LogP contribution >= 0.6 is 0 Å². The van der Waals surface area contributed by atoms with Crippen LogP contribution in [0, 0.1) is 11.8 Å². The summed E-state index contributed by atoms with van der Waals surface area (Å²) in [5.74, 6) is 1.25. The third-order valence-electron chi connectivity index (χ3n) is 4.55. The van der Waals surface area contributed by atoms with E-state index in [2.05, 4.69) is 26.1 Å². The SMILES string of the molecule is CCCNC(CCC(C)C)C1CCCC(S(C)(=O)=O)C1. The van der Waals surface area contributed by atoms with Crippen LogP contribution in [0.1, 0.15) is 65.7 Å². The van der Waals surface area contributed by atoms with Crippen LogP contribution in [0.25, 0.3) is 0 Å². The summed E-state index contributed by atoms with van der Waals surface area (Å²) in [5.41, 5.74) is 0. The molecule has 4 heteroatoms. The van der Waals surface area contributed by atoms with E-state index in [0.717, 1.165) is 38.1 Å². The van der Waals surface area contributed by atoms with Gasteiger partial charge in [0.25, 0.3) is 0 Å². The van der Waals surface area contributed by atoms with Gasteiger partial charge < -0.3 is 5.32 Å². The molecule has 120 valence electrons. The molecule has 0 aromatic carbocycles. The number of hydrogen-bond acceptors (Lipinski definition) is 3. The number of sulfone groups is 1. The fourth-order valence-corrected chi connectivity index (χ4v) is 4.47. The quantitative estimate of drug-likeness (QED) is 0.747. The standard InChI is InChI=1S/C16H33NO2S/c1-5-11-17-16(10-9-13(2)3)14-7-6-8-15(12-14)20(4,18)19/h13-17H,5-12H2,1-4H3. The van der Waals surface area contributed by atoms with Gasteiger partial charge in [0.1, 0.15) is 9.84 Å². The zero-order chi connectivity index (χ0) is 15.2. The zero-order valence-electron chi connectivity index (χ0n) is 13.7. The molecule has 1 aliphatic carbocycles. The van der Waals surface area contributed by atoms with Crippen LogP contribution in [0.5, 0.6) is 0 Å². The average Bonchev–Trinajstić information content (AvgIpc) is 2.38. The Kier molecular flexibility index (Phi) is 7.52. The second-order valence-electron chi connectivity index (χ2n) is 6.91. The normalized spacial score (nSPS) is 25.9. The molecular formula is C16H33NO2S. The Morgan fingerprint density at radius 3 is 2.45 bits per heavy atom. The van der Waals surface area contributed by atoms with E-state index in [9.17, 15) is 8.42 Å². The van der Waals surface area contributed by atoms with Gasteiger partial charge in [0.05, 0.1) is 5.25 Å². The Balaban J connectivity index is 2.63. The molecule has 1 aliphatic rings. The summed E-state index contributed by atoms with van der Waals surface area (Å²) < 4.78 is 23.6. The molecule has 0 aromatic heterocycles. The molecule has 0 radical (unpaired) electrons. The van der Waals surface area contributed by atoms with Crippen molar-refractivity contribution in [2.75, 3.05) is 12.8 Å². The van der Waals surface area contributed by atoms with Gasteiger partial charge in [-0.3, -0.25) is 0 Å². The molecule has 1 rings (SSSR count). The molecule has 1 saturated carbocycles. The predicted octanol–water partition coefficient (Wildman–Crippen LogP) is 3.39. The predicted molar refractivity (Wildman–Crippen MR) is 86.7 cm³/mol. The Morgan fingerprint density at radius 2 is 1.90 bits per heavy atom. The average molecular weight is 304 g/mol. The molecule has 0 heterocycles. The van der Waals surface area contributed by atoms with E-state index in [1.807, 2.05) is 0 Å². The second kappa shape index (κ2) is 8.38. The first kappa shape index (κ1) is 18.0. The van der Waals surface area contributed by atoms with Crippen molar-refractivity contribution >= 4 is 9.84 Å². The first-order valence-electron chi connectivity index (χ1n) is 8.26. The van der Waals surface area contributed by atoms with Crippen molar-refractivity contribution in [1.82, 2.24) is 5.32 Å². The van der Waals surface area contributed by atoms with Crippen molar-refractivity contribution in [2.24, 2.45) is 11.8 Å². The van der Waals surface area contributed by atoms with E-state index in [1.165, 1.54) is 25.5 Å². The highest BCUT2D eigenvalue weighted by atomic mass is 32.2. The van der Waals surface area contributed by atoms with Crippen LogP contribution in [0.15, 0.2) is 0 Å². The molecule has 0 amide bonds. The first-order valence-corrected chi connectivity index (χ1v) is 10.2. The van der Waals surface area contributed by atoms with Gasteiger partial charge in [0.15, 0.2) is 0 Å². The van der Waals surface area contributed by atoms with E-state index in [4.69, 9.17) is 0 Å². The fraction of sp³-hybridized carbons (Fsp3) is 1.00. The van der Waals surface area contributed by atoms with Gasteiger partial charge in [0.2, 0.25) is 0 Å². The van der Waals surface area contributed by atoms with Crippen LogP contribution in [0.2, 0.25) is 0 Å². The largest absolute Gasteiger partial charge is 0.314 e. The van der Waals surface area contributed by atoms with E-state index in [1.54, 1.807) is 0 Å². The van der Waals surface area contributed by atoms with Crippen molar-refractivity contribution in [1.29, 1.82) is 0 Å². The Labute approximate surface area is 125 Å². The minimum absolute atomic E-state index is 0.105. The zero-order valence-corrected chi connectivity index (χ0v) is 14.5. The molecule has 3 atom stereocenters. The number of nitrogens with one attached hydrogen (secondary N) is 1. The summed E-state index contributed by atoms with van der Waals surface area (Å²) in [6.07, 6.45) is 8.92. The summed E-state index contributed by atoms with van der Waals surface area (Å²) in [4.78, 5) is 0. The minimum Gasteiger partial charge on any atom is -0.314 e. The monoisotopic (exact) mass is 303 g/mol. The molecule has 0 saturated heterocycles. The lowest BCUT2D eigenvalue weighted by atomic mass is 9.81. The van der Waals surface area contributed by atoms with Crippen molar-refractivity contribution in [3.05, 3.63) is 0 Å². The first-order chi connectivity index (χ1) is 9.34. The molecule has 0 bridgehead atoms. The topological polar surface area (TPSA) is 46.2 Å². The summed E-state index contributed by atoms with van der Waals surface area (Å²) in [5, 5.41) is 3.57. The van der Waals surface area contributed by atoms with Crippen molar-refractivity contribution in [2.45, 2.75) is 77.0 Å². The molecule has 20 heavy (non-hydrogen) atoms. The van der Waals surface area contributed by atoms with Crippen molar-refractivity contribution < 1.29 is 8.42 Å². The molecular weight excluding hydrogens is 270 g/mol. The Hall–Kier alpha value is -0.0900. The Morgan fingerprint density at radius 1 is 1.20 bits per heavy atom. The molecule has 0 aliphatic heterocycles. The van der Waals surface area contributed by atoms with Crippen LogP contribution in [-0.4, -0.2) is 32.5 Å². The lowest BCUT2D eigenvalue weighted by molar-refractivity contribution is 0.250. The van der Waals surface area contributed by atoms with Gasteiger partial charge in [-0.1, -0.05) is 27.2 Å². The van der Waals surface area contributed by atoms with Gasteiger partial charge in [-0.15, -0.1) is 0 Å². The van der Waals surface area contributed by atoms with Gasteiger partial charge in [-0.25, -0.2) is 8.42 Å². The number of hydrogen-bond donors (Lipinski definition) is 1. The third kappa shape index (κ3) is 6.13.